The Bertz CT molecular complexity index is 1060. The first-order valence-corrected chi connectivity index (χ1v) is 9.92. The topological polar surface area (TPSA) is 38.1 Å². The monoisotopic (exact) mass is 379 g/mol. The Labute approximate surface area is 164 Å². The summed E-state index contributed by atoms with van der Waals surface area (Å²) in [5.41, 5.74) is 1.42. The minimum Gasteiger partial charge on any atom is -0.356 e. The second-order valence-corrected chi connectivity index (χ2v) is 8.56. The third-order valence-corrected chi connectivity index (χ3v) is 5.40. The summed E-state index contributed by atoms with van der Waals surface area (Å²) in [5, 5.41) is 1.55. The third-order valence-electron chi connectivity index (χ3n) is 5.40. The Morgan fingerprint density at radius 1 is 1.00 bits per heavy atom. The van der Waals surface area contributed by atoms with Gasteiger partial charge in [0.05, 0.1) is 5.39 Å². The number of pyridine rings is 2. The predicted octanol–water partition coefficient (Wildman–Crippen LogP) is 4.81. The van der Waals surface area contributed by atoms with E-state index in [9.17, 15) is 9.18 Å². The van der Waals surface area contributed by atoms with E-state index in [4.69, 9.17) is 4.98 Å². The minimum absolute atomic E-state index is 0.107. The van der Waals surface area contributed by atoms with Crippen LogP contribution in [0.15, 0.2) is 47.4 Å². The van der Waals surface area contributed by atoms with Crippen LogP contribution in [0.2, 0.25) is 0 Å². The molecular formula is C23H26FN3O. The number of anilines is 1. The first-order valence-electron chi connectivity index (χ1n) is 9.92. The van der Waals surface area contributed by atoms with E-state index in [1.807, 2.05) is 12.1 Å². The lowest BCUT2D eigenvalue weighted by molar-refractivity contribution is 0.555. The van der Waals surface area contributed by atoms with Crippen LogP contribution in [0, 0.1) is 5.82 Å². The van der Waals surface area contributed by atoms with E-state index in [0.717, 1.165) is 42.8 Å². The molecule has 0 radical (unpaired) electrons. The summed E-state index contributed by atoms with van der Waals surface area (Å²) in [6, 6.07) is 9.99. The smallest absolute Gasteiger partial charge is 0.266 e. The molecule has 0 atom stereocenters. The number of hydrogen-bond donors (Lipinski definition) is 0. The first-order chi connectivity index (χ1) is 13.3. The van der Waals surface area contributed by atoms with Gasteiger partial charge in [0.15, 0.2) is 0 Å². The largest absolute Gasteiger partial charge is 0.356 e. The highest BCUT2D eigenvalue weighted by molar-refractivity contribution is 5.92. The number of fused-ring (bicyclic) bond motifs is 1. The highest BCUT2D eigenvalue weighted by Crippen LogP contribution is 2.30. The lowest BCUT2D eigenvalue weighted by Crippen LogP contribution is -2.33. The molecule has 4 nitrogen and oxygen atoms in total. The molecule has 28 heavy (non-hydrogen) atoms. The normalized spacial score (nSPS) is 15.2. The zero-order valence-corrected chi connectivity index (χ0v) is 16.7. The number of aromatic nitrogens is 2. The molecule has 0 bridgehead atoms. The van der Waals surface area contributed by atoms with Gasteiger partial charge < -0.3 is 4.90 Å². The molecule has 4 rings (SSSR count). The lowest BCUT2D eigenvalue weighted by atomic mass is 9.90. The van der Waals surface area contributed by atoms with Gasteiger partial charge in [0.2, 0.25) is 0 Å². The maximum atomic E-state index is 13.4. The van der Waals surface area contributed by atoms with Crippen LogP contribution in [-0.2, 0) is 5.41 Å². The Balaban J connectivity index is 1.97. The Kier molecular flexibility index (Phi) is 4.69. The second-order valence-electron chi connectivity index (χ2n) is 8.56. The SMILES string of the molecule is CC(C)(C)c1cc2ccn(-c3ccc(F)cc3)c(=O)c2c(N2CCCCC2)n1. The maximum absolute atomic E-state index is 13.4. The van der Waals surface area contributed by atoms with Gasteiger partial charge in [-0.15, -0.1) is 0 Å². The third kappa shape index (κ3) is 3.41. The van der Waals surface area contributed by atoms with Crippen LogP contribution >= 0.6 is 0 Å². The molecule has 0 saturated carbocycles. The fourth-order valence-electron chi connectivity index (χ4n) is 3.77. The fraction of sp³-hybridized carbons (Fsp3) is 0.391. The van der Waals surface area contributed by atoms with Crippen LogP contribution in [0.25, 0.3) is 16.5 Å². The predicted molar refractivity (Wildman–Crippen MR) is 112 cm³/mol. The van der Waals surface area contributed by atoms with Crippen molar-refractivity contribution in [1.82, 2.24) is 9.55 Å². The molecule has 0 aliphatic carbocycles. The molecular weight excluding hydrogens is 353 g/mol. The maximum Gasteiger partial charge on any atom is 0.266 e. The zero-order chi connectivity index (χ0) is 19.9. The van der Waals surface area contributed by atoms with Crippen LogP contribution in [0.4, 0.5) is 10.2 Å². The molecule has 3 aromatic rings. The van der Waals surface area contributed by atoms with E-state index in [-0.39, 0.29) is 16.8 Å². The molecule has 5 heteroatoms. The van der Waals surface area contributed by atoms with Gasteiger partial charge in [0, 0.05) is 36.1 Å². The van der Waals surface area contributed by atoms with E-state index < -0.39 is 0 Å². The van der Waals surface area contributed by atoms with Gasteiger partial charge in [0.25, 0.3) is 5.56 Å². The second kappa shape index (κ2) is 7.04. The summed E-state index contributed by atoms with van der Waals surface area (Å²) in [6.45, 7) is 8.25. The Hall–Kier alpha value is -2.69. The zero-order valence-electron chi connectivity index (χ0n) is 16.7. The molecule has 146 valence electrons. The molecule has 0 amide bonds. The summed E-state index contributed by atoms with van der Waals surface area (Å²) in [6.07, 6.45) is 5.21. The quantitative estimate of drug-likeness (QED) is 0.641. The van der Waals surface area contributed by atoms with E-state index in [0.29, 0.717) is 11.1 Å². The van der Waals surface area contributed by atoms with Crippen molar-refractivity contribution in [3.05, 3.63) is 64.5 Å². The van der Waals surface area contributed by atoms with Crippen molar-refractivity contribution < 1.29 is 4.39 Å². The Morgan fingerprint density at radius 2 is 1.68 bits per heavy atom. The van der Waals surface area contributed by atoms with E-state index in [1.54, 1.807) is 22.9 Å². The van der Waals surface area contributed by atoms with Crippen molar-refractivity contribution in [2.75, 3.05) is 18.0 Å². The number of nitrogens with zero attached hydrogens (tertiary/aromatic N) is 3. The van der Waals surface area contributed by atoms with Crippen molar-refractivity contribution in [3.8, 4) is 5.69 Å². The highest BCUT2D eigenvalue weighted by atomic mass is 19.1. The van der Waals surface area contributed by atoms with E-state index >= 15 is 0 Å². The molecule has 0 N–H and O–H groups in total. The van der Waals surface area contributed by atoms with Crippen LogP contribution in [0.3, 0.4) is 0 Å². The van der Waals surface area contributed by atoms with Gasteiger partial charge in [-0.05, 0) is 61.0 Å². The fourth-order valence-corrected chi connectivity index (χ4v) is 3.77. The van der Waals surface area contributed by atoms with Crippen LogP contribution < -0.4 is 10.5 Å². The number of rotatable bonds is 2. The molecule has 1 fully saturated rings. The minimum atomic E-state index is -0.317. The van der Waals surface area contributed by atoms with Crippen LogP contribution in [0.5, 0.6) is 0 Å². The average Bonchev–Trinajstić information content (AvgIpc) is 2.68. The summed E-state index contributed by atoms with van der Waals surface area (Å²) in [4.78, 5) is 20.6. The molecule has 0 unspecified atom stereocenters. The highest BCUT2D eigenvalue weighted by Gasteiger charge is 2.23. The molecule has 1 aromatic carbocycles. The number of halogens is 1. The van der Waals surface area contributed by atoms with Crippen molar-refractivity contribution in [2.24, 2.45) is 0 Å². The van der Waals surface area contributed by atoms with Crippen LogP contribution in [0.1, 0.15) is 45.7 Å². The molecule has 1 saturated heterocycles. The summed E-state index contributed by atoms with van der Waals surface area (Å²) in [5.74, 6) is 0.465. The van der Waals surface area contributed by atoms with E-state index in [2.05, 4.69) is 25.7 Å². The number of piperidine rings is 1. The first kappa shape index (κ1) is 18.7. The van der Waals surface area contributed by atoms with Gasteiger partial charge in [-0.1, -0.05) is 20.8 Å². The molecule has 0 spiro atoms. The van der Waals surface area contributed by atoms with Gasteiger partial charge in [-0.2, -0.15) is 0 Å². The molecule has 3 heterocycles. The van der Waals surface area contributed by atoms with Crippen LogP contribution in [-0.4, -0.2) is 22.6 Å². The lowest BCUT2D eigenvalue weighted by Gasteiger charge is -2.30. The average molecular weight is 379 g/mol. The standard InChI is InChI=1S/C23H26FN3O/c1-23(2,3)19-15-16-11-14-27(18-9-7-17(24)8-10-18)22(28)20(16)21(25-19)26-12-5-4-6-13-26/h7-11,14-15H,4-6,12-13H2,1-3H3. The van der Waals surface area contributed by atoms with Crippen molar-refractivity contribution >= 4 is 16.6 Å². The van der Waals surface area contributed by atoms with Gasteiger partial charge in [-0.25, -0.2) is 9.37 Å². The summed E-state index contributed by atoms with van der Waals surface area (Å²) < 4.78 is 14.9. The molecule has 2 aromatic heterocycles. The van der Waals surface area contributed by atoms with Crippen molar-refractivity contribution in [3.63, 3.8) is 0 Å². The molecule has 1 aliphatic heterocycles. The van der Waals surface area contributed by atoms with Gasteiger partial charge >= 0.3 is 0 Å². The van der Waals surface area contributed by atoms with Gasteiger partial charge in [0.1, 0.15) is 11.6 Å². The summed E-state index contributed by atoms with van der Waals surface area (Å²) in [7, 11) is 0. The van der Waals surface area contributed by atoms with E-state index in [1.165, 1.54) is 18.6 Å². The Morgan fingerprint density at radius 3 is 2.32 bits per heavy atom. The van der Waals surface area contributed by atoms with Crippen molar-refractivity contribution in [2.45, 2.75) is 45.4 Å². The number of benzene rings is 1. The molecule has 1 aliphatic rings. The summed E-state index contributed by atoms with van der Waals surface area (Å²) >= 11 is 0. The van der Waals surface area contributed by atoms with Gasteiger partial charge in [-0.3, -0.25) is 9.36 Å². The number of hydrogen-bond acceptors (Lipinski definition) is 3. The van der Waals surface area contributed by atoms with Crippen molar-refractivity contribution in [1.29, 1.82) is 0 Å².